The summed E-state index contributed by atoms with van der Waals surface area (Å²) < 4.78 is 30.2. The maximum atomic E-state index is 13.8. The molecule has 0 bridgehead atoms. The smallest absolute Gasteiger partial charge is 0.197 e. The van der Waals surface area contributed by atoms with Gasteiger partial charge in [0, 0.05) is 16.5 Å². The molecule has 140 valence electrons. The van der Waals surface area contributed by atoms with E-state index in [1.165, 1.54) is 12.3 Å². The Hall–Kier alpha value is -3.60. The molecule has 0 aliphatic heterocycles. The number of halogens is 1. The summed E-state index contributed by atoms with van der Waals surface area (Å²) in [5.41, 5.74) is 1.96. The van der Waals surface area contributed by atoms with Gasteiger partial charge in [0.15, 0.2) is 5.78 Å². The summed E-state index contributed by atoms with van der Waals surface area (Å²) in [7, 11) is 1.55. The maximum Gasteiger partial charge on any atom is 0.197 e. The summed E-state index contributed by atoms with van der Waals surface area (Å²) in [5.74, 6) is 0.633. The fraction of sp³-hybridized carbons (Fsp3) is 0.0870. The van der Waals surface area contributed by atoms with Gasteiger partial charge in [0.2, 0.25) is 0 Å². The van der Waals surface area contributed by atoms with Gasteiger partial charge in [-0.05, 0) is 36.4 Å². The third-order valence-electron chi connectivity index (χ3n) is 4.47. The minimum absolute atomic E-state index is 0.0925. The Kier molecular flexibility index (Phi) is 4.81. The van der Waals surface area contributed by atoms with Crippen molar-refractivity contribution in [3.05, 3.63) is 95.5 Å². The lowest BCUT2D eigenvalue weighted by Gasteiger charge is -2.07. The van der Waals surface area contributed by atoms with Gasteiger partial charge in [-0.2, -0.15) is 0 Å². The Morgan fingerprint density at radius 3 is 2.68 bits per heavy atom. The van der Waals surface area contributed by atoms with Crippen LogP contribution in [-0.4, -0.2) is 12.9 Å². The van der Waals surface area contributed by atoms with E-state index in [9.17, 15) is 9.18 Å². The third kappa shape index (κ3) is 3.47. The van der Waals surface area contributed by atoms with E-state index in [-0.39, 0.29) is 18.2 Å². The van der Waals surface area contributed by atoms with Crippen molar-refractivity contribution in [1.29, 1.82) is 0 Å². The van der Waals surface area contributed by atoms with E-state index in [1.807, 2.05) is 0 Å². The molecule has 0 radical (unpaired) electrons. The standard InChI is InChI=1S/C23H17FO4/c1-26-17-7-4-6-15(11-17)23(25)20-14-28-22-10-9-18(12-19(20)22)27-13-16-5-2-3-8-21(16)24/h2-12,14H,13H2,1H3. The van der Waals surface area contributed by atoms with Crippen LogP contribution in [0.4, 0.5) is 4.39 Å². The molecule has 4 rings (SSSR count). The van der Waals surface area contributed by atoms with Crippen LogP contribution in [0, 0.1) is 5.82 Å². The van der Waals surface area contributed by atoms with Crippen molar-refractivity contribution < 1.29 is 23.1 Å². The molecular weight excluding hydrogens is 359 g/mol. The van der Waals surface area contributed by atoms with Crippen molar-refractivity contribution in [3.8, 4) is 11.5 Å². The lowest BCUT2D eigenvalue weighted by Crippen LogP contribution is -2.01. The topological polar surface area (TPSA) is 48.7 Å². The van der Waals surface area contributed by atoms with Gasteiger partial charge in [0.05, 0.1) is 12.7 Å². The molecule has 0 fully saturated rings. The summed E-state index contributed by atoms with van der Waals surface area (Å²) in [5, 5.41) is 0.638. The predicted octanol–water partition coefficient (Wildman–Crippen LogP) is 5.39. The molecule has 0 saturated heterocycles. The first-order chi connectivity index (χ1) is 13.7. The van der Waals surface area contributed by atoms with E-state index in [4.69, 9.17) is 13.9 Å². The molecule has 5 heteroatoms. The van der Waals surface area contributed by atoms with Crippen molar-refractivity contribution in [2.45, 2.75) is 6.61 Å². The number of furan rings is 1. The lowest BCUT2D eigenvalue weighted by atomic mass is 10.0. The molecule has 1 heterocycles. The minimum Gasteiger partial charge on any atom is -0.497 e. The average Bonchev–Trinajstić information content (AvgIpc) is 3.16. The number of hydrogen-bond acceptors (Lipinski definition) is 4. The Labute approximate surface area is 161 Å². The first-order valence-corrected chi connectivity index (χ1v) is 8.72. The van der Waals surface area contributed by atoms with Crippen LogP contribution in [0.15, 0.2) is 77.4 Å². The second-order valence-electron chi connectivity index (χ2n) is 6.25. The zero-order chi connectivity index (χ0) is 19.5. The zero-order valence-corrected chi connectivity index (χ0v) is 15.1. The van der Waals surface area contributed by atoms with Crippen LogP contribution in [0.5, 0.6) is 11.5 Å². The molecule has 0 atom stereocenters. The van der Waals surface area contributed by atoms with Gasteiger partial charge in [0.25, 0.3) is 0 Å². The lowest BCUT2D eigenvalue weighted by molar-refractivity contribution is 0.103. The largest absolute Gasteiger partial charge is 0.497 e. The Balaban J connectivity index is 1.62. The van der Waals surface area contributed by atoms with E-state index < -0.39 is 0 Å². The Morgan fingerprint density at radius 1 is 1.00 bits per heavy atom. The van der Waals surface area contributed by atoms with Crippen LogP contribution in [0.3, 0.4) is 0 Å². The maximum absolute atomic E-state index is 13.8. The van der Waals surface area contributed by atoms with Gasteiger partial charge in [-0.3, -0.25) is 4.79 Å². The van der Waals surface area contributed by atoms with Gasteiger partial charge in [0.1, 0.15) is 35.8 Å². The second kappa shape index (κ2) is 7.56. The molecule has 0 aliphatic carbocycles. The Bertz CT molecular complexity index is 1150. The third-order valence-corrected chi connectivity index (χ3v) is 4.47. The number of ether oxygens (including phenoxy) is 2. The van der Waals surface area contributed by atoms with Gasteiger partial charge in [-0.1, -0.05) is 30.3 Å². The van der Waals surface area contributed by atoms with E-state index >= 15 is 0 Å². The number of ketones is 1. The highest BCUT2D eigenvalue weighted by molar-refractivity contribution is 6.16. The van der Waals surface area contributed by atoms with Crippen molar-refractivity contribution in [2.75, 3.05) is 7.11 Å². The fourth-order valence-electron chi connectivity index (χ4n) is 2.97. The first-order valence-electron chi connectivity index (χ1n) is 8.72. The van der Waals surface area contributed by atoms with Crippen LogP contribution in [0.25, 0.3) is 11.0 Å². The quantitative estimate of drug-likeness (QED) is 0.423. The van der Waals surface area contributed by atoms with Crippen LogP contribution in [0.2, 0.25) is 0 Å². The molecule has 0 aliphatic rings. The molecule has 4 nitrogen and oxygen atoms in total. The van der Waals surface area contributed by atoms with Crippen LogP contribution >= 0.6 is 0 Å². The number of carbonyl (C=O) groups excluding carboxylic acids is 1. The van der Waals surface area contributed by atoms with Crippen molar-refractivity contribution in [2.24, 2.45) is 0 Å². The SMILES string of the molecule is COc1cccc(C(=O)c2coc3ccc(OCc4ccccc4F)cc23)c1. The monoisotopic (exact) mass is 376 g/mol. The van der Waals surface area contributed by atoms with Crippen LogP contribution in [0.1, 0.15) is 21.5 Å². The summed E-state index contributed by atoms with van der Waals surface area (Å²) in [6, 6.07) is 18.6. The highest BCUT2D eigenvalue weighted by Gasteiger charge is 2.17. The molecule has 0 N–H and O–H groups in total. The normalized spacial score (nSPS) is 10.8. The molecule has 0 saturated carbocycles. The molecule has 3 aromatic carbocycles. The number of benzene rings is 3. The van der Waals surface area contributed by atoms with Gasteiger partial charge < -0.3 is 13.9 Å². The molecule has 0 spiro atoms. The van der Waals surface area contributed by atoms with Crippen LogP contribution < -0.4 is 9.47 Å². The van der Waals surface area contributed by atoms with Crippen LogP contribution in [-0.2, 0) is 6.61 Å². The molecule has 4 aromatic rings. The number of rotatable bonds is 6. The second-order valence-corrected chi connectivity index (χ2v) is 6.25. The van der Waals surface area contributed by atoms with Gasteiger partial charge in [-0.15, -0.1) is 0 Å². The minimum atomic E-state index is -0.319. The van der Waals surface area contributed by atoms with E-state index in [0.29, 0.717) is 39.2 Å². The fourth-order valence-corrected chi connectivity index (χ4v) is 2.97. The number of fused-ring (bicyclic) bond motifs is 1. The average molecular weight is 376 g/mol. The Morgan fingerprint density at radius 2 is 1.86 bits per heavy atom. The highest BCUT2D eigenvalue weighted by atomic mass is 19.1. The van der Waals surface area contributed by atoms with Gasteiger partial charge in [-0.25, -0.2) is 4.39 Å². The summed E-state index contributed by atoms with van der Waals surface area (Å²) in [6.07, 6.45) is 1.44. The number of methoxy groups -OCH3 is 1. The number of carbonyl (C=O) groups is 1. The molecule has 0 amide bonds. The zero-order valence-electron chi connectivity index (χ0n) is 15.1. The number of hydrogen-bond donors (Lipinski definition) is 0. The van der Waals surface area contributed by atoms with E-state index in [2.05, 4.69) is 0 Å². The van der Waals surface area contributed by atoms with Gasteiger partial charge >= 0.3 is 0 Å². The summed E-state index contributed by atoms with van der Waals surface area (Å²) in [4.78, 5) is 12.9. The predicted molar refractivity (Wildman–Crippen MR) is 103 cm³/mol. The summed E-state index contributed by atoms with van der Waals surface area (Å²) in [6.45, 7) is 0.0925. The van der Waals surface area contributed by atoms with Crippen molar-refractivity contribution >= 4 is 16.8 Å². The van der Waals surface area contributed by atoms with Crippen molar-refractivity contribution in [3.63, 3.8) is 0 Å². The molecular formula is C23H17FO4. The first kappa shape index (κ1) is 17.8. The van der Waals surface area contributed by atoms with Crippen molar-refractivity contribution in [1.82, 2.24) is 0 Å². The van der Waals surface area contributed by atoms with E-state index in [1.54, 1.807) is 67.8 Å². The molecule has 0 unspecified atom stereocenters. The highest BCUT2D eigenvalue weighted by Crippen LogP contribution is 2.29. The van der Waals surface area contributed by atoms with E-state index in [0.717, 1.165) is 0 Å². The molecule has 28 heavy (non-hydrogen) atoms. The summed E-state index contributed by atoms with van der Waals surface area (Å²) >= 11 is 0. The molecule has 1 aromatic heterocycles.